The van der Waals surface area contributed by atoms with E-state index in [0.29, 0.717) is 22.8 Å². The summed E-state index contributed by atoms with van der Waals surface area (Å²) in [6.07, 6.45) is 1.29. The van der Waals surface area contributed by atoms with Crippen LogP contribution in [0, 0.1) is 5.92 Å². The predicted molar refractivity (Wildman–Crippen MR) is 83.9 cm³/mol. The third-order valence-corrected chi connectivity index (χ3v) is 4.57. The van der Waals surface area contributed by atoms with Crippen molar-refractivity contribution >= 4 is 34.1 Å². The molecule has 1 atom stereocenters. The number of anilines is 1. The number of amides is 2. The van der Waals surface area contributed by atoms with Crippen molar-refractivity contribution in [3.05, 3.63) is 17.0 Å². The second kappa shape index (κ2) is 6.91. The molecule has 0 radical (unpaired) electrons. The van der Waals surface area contributed by atoms with Gasteiger partial charge in [-0.05, 0) is 24.5 Å². The highest BCUT2D eigenvalue weighted by Gasteiger charge is 2.35. The third kappa shape index (κ3) is 3.47. The highest BCUT2D eigenvalue weighted by Crippen LogP contribution is 2.25. The summed E-state index contributed by atoms with van der Waals surface area (Å²) in [5, 5.41) is 3.37. The van der Waals surface area contributed by atoms with Crippen LogP contribution in [-0.2, 0) is 14.3 Å². The zero-order chi connectivity index (χ0) is 16.3. The zero-order valence-electron chi connectivity index (χ0n) is 12.9. The van der Waals surface area contributed by atoms with Gasteiger partial charge in [0.15, 0.2) is 0 Å². The molecule has 1 saturated heterocycles. The van der Waals surface area contributed by atoms with E-state index < -0.39 is 12.0 Å². The smallest absolute Gasteiger partial charge is 0.348 e. The lowest BCUT2D eigenvalue weighted by molar-refractivity contribution is -0.136. The van der Waals surface area contributed by atoms with Gasteiger partial charge in [-0.15, -0.1) is 11.3 Å². The van der Waals surface area contributed by atoms with E-state index in [4.69, 9.17) is 0 Å². The number of ether oxygens (including phenoxy) is 1. The van der Waals surface area contributed by atoms with Gasteiger partial charge in [0, 0.05) is 13.0 Å². The van der Waals surface area contributed by atoms with Gasteiger partial charge in [-0.1, -0.05) is 13.8 Å². The van der Waals surface area contributed by atoms with Crippen LogP contribution in [0.4, 0.5) is 5.00 Å². The van der Waals surface area contributed by atoms with Crippen LogP contribution in [0.2, 0.25) is 0 Å². The maximum absolute atomic E-state index is 12.5. The van der Waals surface area contributed by atoms with Crippen LogP contribution in [0.25, 0.3) is 0 Å². The summed E-state index contributed by atoms with van der Waals surface area (Å²) in [4.78, 5) is 37.9. The van der Waals surface area contributed by atoms with Gasteiger partial charge in [-0.3, -0.25) is 9.59 Å². The molecule has 2 rings (SSSR count). The minimum absolute atomic E-state index is 0.0158. The molecule has 1 fully saturated rings. The molecule has 7 heteroatoms. The molecular formula is C15H20N2O4S. The largest absolute Gasteiger partial charge is 0.465 e. The van der Waals surface area contributed by atoms with Crippen molar-refractivity contribution in [3.63, 3.8) is 0 Å². The fraction of sp³-hybridized carbons (Fsp3) is 0.533. The van der Waals surface area contributed by atoms with Crippen molar-refractivity contribution in [2.24, 2.45) is 5.92 Å². The van der Waals surface area contributed by atoms with Gasteiger partial charge < -0.3 is 15.0 Å². The van der Waals surface area contributed by atoms with E-state index in [1.54, 1.807) is 17.0 Å². The van der Waals surface area contributed by atoms with Gasteiger partial charge in [0.2, 0.25) is 11.8 Å². The second-order valence-corrected chi connectivity index (χ2v) is 6.61. The van der Waals surface area contributed by atoms with Crippen molar-refractivity contribution in [1.82, 2.24) is 4.90 Å². The standard InChI is InChI=1S/C15H20N2O4S/c1-9(2)13(17-8-4-5-12(17)18)14(19)16-11-7-6-10(22-11)15(20)21-3/h6-7,9,13H,4-5,8H2,1-3H3,(H,16,19). The Hall–Kier alpha value is -1.89. The molecule has 22 heavy (non-hydrogen) atoms. The Labute approximate surface area is 133 Å². The predicted octanol–water partition coefficient (Wildman–Crippen LogP) is 2.12. The normalized spacial score (nSPS) is 16.0. The number of nitrogens with one attached hydrogen (secondary N) is 1. The number of esters is 1. The first-order valence-corrected chi connectivity index (χ1v) is 8.04. The Morgan fingerprint density at radius 1 is 1.36 bits per heavy atom. The number of methoxy groups -OCH3 is 1. The summed E-state index contributed by atoms with van der Waals surface area (Å²) in [7, 11) is 1.31. The quantitative estimate of drug-likeness (QED) is 0.842. The molecule has 0 saturated carbocycles. The maximum Gasteiger partial charge on any atom is 0.348 e. The summed E-state index contributed by atoms with van der Waals surface area (Å²) in [6.45, 7) is 4.46. The van der Waals surface area contributed by atoms with Crippen LogP contribution in [0.1, 0.15) is 36.4 Å². The van der Waals surface area contributed by atoms with Gasteiger partial charge in [0.05, 0.1) is 12.1 Å². The van der Waals surface area contributed by atoms with Gasteiger partial charge in [-0.2, -0.15) is 0 Å². The average Bonchev–Trinajstić information content (AvgIpc) is 3.08. The molecule has 6 nitrogen and oxygen atoms in total. The van der Waals surface area contributed by atoms with Crippen molar-refractivity contribution in [3.8, 4) is 0 Å². The fourth-order valence-corrected chi connectivity index (χ4v) is 3.41. The second-order valence-electron chi connectivity index (χ2n) is 5.52. The van der Waals surface area contributed by atoms with Gasteiger partial charge in [0.1, 0.15) is 10.9 Å². The van der Waals surface area contributed by atoms with Crippen molar-refractivity contribution in [2.75, 3.05) is 19.0 Å². The van der Waals surface area contributed by atoms with E-state index in [-0.39, 0.29) is 17.7 Å². The Kier molecular flexibility index (Phi) is 5.18. The molecular weight excluding hydrogens is 304 g/mol. The van der Waals surface area contributed by atoms with E-state index in [9.17, 15) is 14.4 Å². The number of thiophene rings is 1. The van der Waals surface area contributed by atoms with Gasteiger partial charge in [-0.25, -0.2) is 4.79 Å². The van der Waals surface area contributed by atoms with Crippen molar-refractivity contribution in [2.45, 2.75) is 32.7 Å². The molecule has 0 aliphatic carbocycles. The average molecular weight is 324 g/mol. The molecule has 2 amide bonds. The zero-order valence-corrected chi connectivity index (χ0v) is 13.7. The minimum Gasteiger partial charge on any atom is -0.465 e. The highest BCUT2D eigenvalue weighted by molar-refractivity contribution is 7.18. The molecule has 1 N–H and O–H groups in total. The Morgan fingerprint density at radius 3 is 2.64 bits per heavy atom. The number of carbonyl (C=O) groups is 3. The minimum atomic E-state index is -0.487. The summed E-state index contributed by atoms with van der Waals surface area (Å²) in [5.41, 5.74) is 0. The topological polar surface area (TPSA) is 75.7 Å². The molecule has 0 spiro atoms. The Morgan fingerprint density at radius 2 is 2.09 bits per heavy atom. The molecule has 2 heterocycles. The molecule has 1 aromatic rings. The molecule has 0 aromatic carbocycles. The fourth-order valence-electron chi connectivity index (χ4n) is 2.58. The third-order valence-electron chi connectivity index (χ3n) is 3.58. The lowest BCUT2D eigenvalue weighted by Crippen LogP contribution is -2.47. The monoisotopic (exact) mass is 324 g/mol. The van der Waals surface area contributed by atoms with Crippen molar-refractivity contribution in [1.29, 1.82) is 0 Å². The molecule has 0 bridgehead atoms. The van der Waals surface area contributed by atoms with Crippen LogP contribution >= 0.6 is 11.3 Å². The van der Waals surface area contributed by atoms with Crippen LogP contribution < -0.4 is 5.32 Å². The Balaban J connectivity index is 2.10. The van der Waals surface area contributed by atoms with E-state index >= 15 is 0 Å². The number of hydrogen-bond acceptors (Lipinski definition) is 5. The number of likely N-dealkylation sites (tertiary alicyclic amines) is 1. The van der Waals surface area contributed by atoms with Crippen LogP contribution in [0.3, 0.4) is 0 Å². The van der Waals surface area contributed by atoms with Crippen molar-refractivity contribution < 1.29 is 19.1 Å². The summed E-state index contributed by atoms with van der Waals surface area (Å²) < 4.78 is 4.64. The van der Waals surface area contributed by atoms with E-state index in [1.165, 1.54) is 7.11 Å². The summed E-state index contributed by atoms with van der Waals surface area (Å²) in [5.74, 6) is -0.610. The summed E-state index contributed by atoms with van der Waals surface area (Å²) >= 11 is 1.16. The van der Waals surface area contributed by atoms with Crippen LogP contribution in [0.5, 0.6) is 0 Å². The highest BCUT2D eigenvalue weighted by atomic mass is 32.1. The van der Waals surface area contributed by atoms with E-state index in [2.05, 4.69) is 10.1 Å². The lowest BCUT2D eigenvalue weighted by Gasteiger charge is -2.29. The first-order valence-electron chi connectivity index (χ1n) is 7.22. The first kappa shape index (κ1) is 16.5. The van der Waals surface area contributed by atoms with Crippen LogP contribution in [0.15, 0.2) is 12.1 Å². The van der Waals surface area contributed by atoms with Gasteiger partial charge >= 0.3 is 5.97 Å². The number of hydrogen-bond donors (Lipinski definition) is 1. The Bertz CT molecular complexity index is 582. The SMILES string of the molecule is COC(=O)c1ccc(NC(=O)C(C(C)C)N2CCCC2=O)s1. The first-order chi connectivity index (χ1) is 10.4. The molecule has 1 aliphatic heterocycles. The van der Waals surface area contributed by atoms with Gasteiger partial charge in [0.25, 0.3) is 0 Å². The molecule has 1 aliphatic rings. The van der Waals surface area contributed by atoms with E-state index in [0.717, 1.165) is 17.8 Å². The van der Waals surface area contributed by atoms with E-state index in [1.807, 2.05) is 13.8 Å². The number of nitrogens with zero attached hydrogens (tertiary/aromatic N) is 1. The summed E-state index contributed by atoms with van der Waals surface area (Å²) in [6, 6.07) is 2.79. The lowest BCUT2D eigenvalue weighted by atomic mass is 10.0. The molecule has 120 valence electrons. The molecule has 1 aromatic heterocycles. The van der Waals surface area contributed by atoms with Crippen LogP contribution in [-0.4, -0.2) is 42.4 Å². The maximum atomic E-state index is 12.5. The molecule has 1 unspecified atom stereocenters. The number of carbonyl (C=O) groups excluding carboxylic acids is 3. The number of rotatable bonds is 5.